The minimum atomic E-state index is -3.64. The summed E-state index contributed by atoms with van der Waals surface area (Å²) < 4.78 is 29.3. The van der Waals surface area contributed by atoms with Crippen LogP contribution in [0.2, 0.25) is 5.02 Å². The number of hydrogen-bond acceptors (Lipinski definition) is 2. The van der Waals surface area contributed by atoms with Crippen molar-refractivity contribution >= 4 is 27.5 Å². The Hall–Kier alpha value is -1.22. The Balaban J connectivity index is 2.76. The van der Waals surface area contributed by atoms with Gasteiger partial charge in [-0.25, -0.2) is 0 Å². The number of fused-ring (bicyclic) bond motifs is 1. The molecule has 20 heavy (non-hydrogen) atoms. The van der Waals surface area contributed by atoms with Crippen LogP contribution in [0, 0.1) is 17.8 Å². The summed E-state index contributed by atoms with van der Waals surface area (Å²) in [6, 6.07) is 5.09. The Morgan fingerprint density at radius 2 is 2.10 bits per heavy atom. The second kappa shape index (κ2) is 5.28. The van der Waals surface area contributed by atoms with Crippen molar-refractivity contribution in [2.24, 2.45) is 5.92 Å². The molecular formula is C14H17ClN2O2S. The van der Waals surface area contributed by atoms with Crippen LogP contribution in [-0.4, -0.2) is 8.42 Å². The summed E-state index contributed by atoms with van der Waals surface area (Å²) in [6.07, 6.45) is 0.652. The van der Waals surface area contributed by atoms with Crippen LogP contribution in [0.25, 0.3) is 0 Å². The largest absolute Gasteiger partial charge is 0.300 e. The molecule has 108 valence electrons. The third kappa shape index (κ3) is 2.64. The smallest absolute Gasteiger partial charge is 0.271 e. The van der Waals surface area contributed by atoms with E-state index < -0.39 is 15.7 Å². The number of halogens is 1. The first-order valence-electron chi connectivity index (χ1n) is 6.42. The van der Waals surface area contributed by atoms with E-state index >= 15 is 0 Å². The number of hydrogen-bond donors (Lipinski definition) is 2. The molecule has 0 aliphatic carbocycles. The standard InChI is InChI=1S/C14H17ClN2O2S/c1-4-5-8-14(10(2)3)12-9-11(15)6-7-13(12)16-20(18,19)17-14/h6-7,9-10,16-17H,4H2,1-3H3. The van der Waals surface area contributed by atoms with Crippen molar-refractivity contribution < 1.29 is 8.42 Å². The Labute approximate surface area is 125 Å². The Kier molecular flexibility index (Phi) is 4.01. The van der Waals surface area contributed by atoms with E-state index in [1.165, 1.54) is 0 Å². The van der Waals surface area contributed by atoms with E-state index in [9.17, 15) is 8.42 Å². The summed E-state index contributed by atoms with van der Waals surface area (Å²) in [5.41, 5.74) is 0.323. The second-order valence-electron chi connectivity index (χ2n) is 5.02. The van der Waals surface area contributed by atoms with Gasteiger partial charge < -0.3 is 0 Å². The molecule has 2 N–H and O–H groups in total. The monoisotopic (exact) mass is 312 g/mol. The molecule has 2 rings (SSSR count). The van der Waals surface area contributed by atoms with Gasteiger partial charge in [0.05, 0.1) is 5.69 Å². The molecule has 0 aromatic heterocycles. The highest BCUT2D eigenvalue weighted by Gasteiger charge is 2.43. The Morgan fingerprint density at radius 3 is 2.70 bits per heavy atom. The van der Waals surface area contributed by atoms with Crippen molar-refractivity contribution in [1.29, 1.82) is 0 Å². The summed E-state index contributed by atoms with van der Waals surface area (Å²) in [5.74, 6) is 6.03. The van der Waals surface area contributed by atoms with Crippen molar-refractivity contribution in [3.63, 3.8) is 0 Å². The van der Waals surface area contributed by atoms with Crippen LogP contribution in [0.15, 0.2) is 18.2 Å². The zero-order valence-corrected chi connectivity index (χ0v) is 13.2. The zero-order chi connectivity index (χ0) is 15.0. The molecule has 1 aliphatic heterocycles. The molecule has 1 aromatic carbocycles. The molecule has 0 saturated carbocycles. The van der Waals surface area contributed by atoms with Crippen LogP contribution in [0.1, 0.15) is 32.8 Å². The molecular weight excluding hydrogens is 296 g/mol. The van der Waals surface area contributed by atoms with E-state index in [0.29, 0.717) is 17.1 Å². The van der Waals surface area contributed by atoms with Gasteiger partial charge in [0.15, 0.2) is 0 Å². The highest BCUT2D eigenvalue weighted by atomic mass is 35.5. The molecule has 0 saturated heterocycles. The van der Waals surface area contributed by atoms with Gasteiger partial charge in [-0.1, -0.05) is 38.3 Å². The highest BCUT2D eigenvalue weighted by Crippen LogP contribution is 2.39. The normalized spacial score (nSPS) is 23.4. The van der Waals surface area contributed by atoms with Crippen molar-refractivity contribution in [3.8, 4) is 11.8 Å². The van der Waals surface area contributed by atoms with Crippen LogP contribution in [0.3, 0.4) is 0 Å². The molecule has 1 heterocycles. The summed E-state index contributed by atoms with van der Waals surface area (Å²) in [4.78, 5) is 0. The van der Waals surface area contributed by atoms with E-state index in [4.69, 9.17) is 11.6 Å². The topological polar surface area (TPSA) is 58.2 Å². The first kappa shape index (κ1) is 15.2. The average Bonchev–Trinajstić information content (AvgIpc) is 2.35. The van der Waals surface area contributed by atoms with Gasteiger partial charge in [0, 0.05) is 17.0 Å². The lowest BCUT2D eigenvalue weighted by atomic mass is 9.80. The fraction of sp³-hybridized carbons (Fsp3) is 0.429. The number of anilines is 1. The van der Waals surface area contributed by atoms with Crippen LogP contribution in [-0.2, 0) is 15.7 Å². The van der Waals surface area contributed by atoms with Crippen molar-refractivity contribution in [2.45, 2.75) is 32.7 Å². The van der Waals surface area contributed by atoms with Gasteiger partial charge in [-0.3, -0.25) is 4.72 Å². The maximum absolute atomic E-state index is 12.1. The zero-order valence-electron chi connectivity index (χ0n) is 11.6. The fourth-order valence-corrected chi connectivity index (χ4v) is 3.77. The van der Waals surface area contributed by atoms with Gasteiger partial charge in [-0.05, 0) is 24.1 Å². The molecule has 1 unspecified atom stereocenters. The number of rotatable bonds is 1. The third-order valence-corrected chi connectivity index (χ3v) is 4.59. The molecule has 0 bridgehead atoms. The third-order valence-electron chi connectivity index (χ3n) is 3.27. The summed E-state index contributed by atoms with van der Waals surface area (Å²) >= 11 is 6.06. The van der Waals surface area contributed by atoms with E-state index in [1.807, 2.05) is 20.8 Å². The fourth-order valence-electron chi connectivity index (χ4n) is 2.26. The molecule has 0 spiro atoms. The van der Waals surface area contributed by atoms with Crippen molar-refractivity contribution in [2.75, 3.05) is 4.72 Å². The molecule has 0 fully saturated rings. The molecule has 0 radical (unpaired) electrons. The van der Waals surface area contributed by atoms with E-state index in [1.54, 1.807) is 18.2 Å². The maximum atomic E-state index is 12.1. The van der Waals surface area contributed by atoms with Gasteiger partial charge in [-0.15, -0.1) is 5.92 Å². The lowest BCUT2D eigenvalue weighted by Gasteiger charge is -2.39. The van der Waals surface area contributed by atoms with Gasteiger partial charge >= 0.3 is 10.2 Å². The number of benzene rings is 1. The average molecular weight is 313 g/mol. The SMILES string of the molecule is CCC#CC1(C(C)C)NS(=O)(=O)Nc2ccc(Cl)cc21. The molecule has 1 aromatic rings. The first-order chi connectivity index (χ1) is 9.31. The van der Waals surface area contributed by atoms with Crippen LogP contribution in [0.5, 0.6) is 0 Å². The first-order valence-corrected chi connectivity index (χ1v) is 8.28. The summed E-state index contributed by atoms with van der Waals surface area (Å²) in [7, 11) is -3.64. The van der Waals surface area contributed by atoms with Crippen molar-refractivity contribution in [1.82, 2.24) is 4.72 Å². The molecule has 1 atom stereocenters. The van der Waals surface area contributed by atoms with Crippen LogP contribution >= 0.6 is 11.6 Å². The lowest BCUT2D eigenvalue weighted by Crippen LogP contribution is -2.54. The maximum Gasteiger partial charge on any atom is 0.300 e. The minimum absolute atomic E-state index is 0.0457. The predicted octanol–water partition coefficient (Wildman–Crippen LogP) is 2.86. The summed E-state index contributed by atoms with van der Waals surface area (Å²) in [5, 5.41) is 0.551. The highest BCUT2D eigenvalue weighted by molar-refractivity contribution is 7.90. The molecule has 4 nitrogen and oxygen atoms in total. The van der Waals surface area contributed by atoms with Gasteiger partial charge in [-0.2, -0.15) is 13.1 Å². The number of nitrogens with one attached hydrogen (secondary N) is 2. The molecule has 1 aliphatic rings. The second-order valence-corrected chi connectivity index (χ2v) is 6.87. The quantitative estimate of drug-likeness (QED) is 0.783. The minimum Gasteiger partial charge on any atom is -0.271 e. The molecule has 6 heteroatoms. The summed E-state index contributed by atoms with van der Waals surface area (Å²) in [6.45, 7) is 5.79. The van der Waals surface area contributed by atoms with Crippen LogP contribution in [0.4, 0.5) is 5.69 Å². The lowest BCUT2D eigenvalue weighted by molar-refractivity contribution is 0.370. The van der Waals surface area contributed by atoms with E-state index in [0.717, 1.165) is 5.56 Å². The predicted molar refractivity (Wildman–Crippen MR) is 81.7 cm³/mol. The Bertz CT molecular complexity index is 689. The van der Waals surface area contributed by atoms with Crippen LogP contribution < -0.4 is 9.44 Å². The van der Waals surface area contributed by atoms with E-state index in [-0.39, 0.29) is 5.92 Å². The van der Waals surface area contributed by atoms with Crippen molar-refractivity contribution in [3.05, 3.63) is 28.8 Å². The van der Waals surface area contributed by atoms with Gasteiger partial charge in [0.1, 0.15) is 5.54 Å². The van der Waals surface area contributed by atoms with Gasteiger partial charge in [0.25, 0.3) is 0 Å². The molecule has 0 amide bonds. The Morgan fingerprint density at radius 1 is 1.40 bits per heavy atom. The van der Waals surface area contributed by atoms with E-state index in [2.05, 4.69) is 21.3 Å². The van der Waals surface area contributed by atoms with Gasteiger partial charge in [0.2, 0.25) is 0 Å².